The van der Waals surface area contributed by atoms with E-state index in [1.54, 1.807) is 24.3 Å². The molecule has 94 heavy (non-hydrogen) atoms. The molecule has 8 saturated carbocycles. The number of amides is 2. The number of aliphatic hydroxyl groups is 3. The van der Waals surface area contributed by atoms with E-state index in [1.165, 1.54) is 18.6 Å². The van der Waals surface area contributed by atoms with Gasteiger partial charge in [-0.05, 0) is 315 Å². The maximum Gasteiger partial charge on any atom is 0.421 e. The van der Waals surface area contributed by atoms with Gasteiger partial charge in [0, 0.05) is 0 Å². The molecule has 2 amide bonds. The Labute approximate surface area is 565 Å². The zero-order valence-corrected chi connectivity index (χ0v) is 62.2. The maximum absolute atomic E-state index is 13.2. The standard InChI is InChI=1S/C39H63NO7SSi.C36H55NO7S/c1-10-28-32-22-26(41)16-19-39(32,6)31-17-20-38(5)29(12-13-30(38)34(31)35(28)47-49(7,8)9)24(2)23-45-36(42)40-48(43,44)27-11-14-33-25(21-27)15-18-37(3,4)46-33;1-7-25-29-19-23(38)13-16-36(29,6)28-14-17-35(5)26(9-10-27(35)31(28)32(25)39)21(2)20-43-33(40)37-45(41,42)24-8-11-30-22(18-24)12-15-34(3,4)44-30/h11,14,21,24,26,28-32,34-35,41H,10,12-13,15-20,22-23H2,1-9H3,(H,40,42);8,11,18,21,23,25-29,31-32,38-39H,7,9-10,12-17,19-20H2,1-6H3,(H,37,40)/t24-,26-,28-,29-,30+,31+,32+,34+,35-,38-,39-;21-,23-,25-,26-,27+,28+,29+,31+,32-,35-,36-/m11/s1. The van der Waals surface area contributed by atoms with Crippen LogP contribution in [0.1, 0.15) is 210 Å². The van der Waals surface area contributed by atoms with Gasteiger partial charge in [-0.15, -0.1) is 0 Å². The van der Waals surface area contributed by atoms with Crippen LogP contribution in [0.4, 0.5) is 9.59 Å². The van der Waals surface area contributed by atoms with Crippen molar-refractivity contribution in [1.82, 2.24) is 9.44 Å². The van der Waals surface area contributed by atoms with E-state index in [1.807, 2.05) is 27.7 Å². The Bertz CT molecular complexity index is 3340. The van der Waals surface area contributed by atoms with Gasteiger partial charge in [-0.1, -0.05) is 68.2 Å². The van der Waals surface area contributed by atoms with Crippen LogP contribution in [-0.2, 0) is 46.8 Å². The lowest BCUT2D eigenvalue weighted by Crippen LogP contribution is -2.63. The van der Waals surface area contributed by atoms with Crippen molar-refractivity contribution in [1.29, 1.82) is 0 Å². The van der Waals surface area contributed by atoms with E-state index in [0.717, 1.165) is 120 Å². The minimum Gasteiger partial charge on any atom is -0.488 e. The summed E-state index contributed by atoms with van der Waals surface area (Å²) in [6, 6.07) is 9.48. The fraction of sp³-hybridized carbons (Fsp3) is 0.813. The van der Waals surface area contributed by atoms with E-state index in [-0.39, 0.29) is 104 Å². The van der Waals surface area contributed by atoms with Gasteiger partial charge in [0.1, 0.15) is 22.7 Å². The molecule has 22 atom stereocenters. The molecule has 0 radical (unpaired) electrons. The van der Waals surface area contributed by atoms with Crippen LogP contribution in [-0.4, -0.2) is 101 Å². The summed E-state index contributed by atoms with van der Waals surface area (Å²) in [5.41, 5.74) is 1.57. The van der Waals surface area contributed by atoms with E-state index in [9.17, 15) is 41.7 Å². The van der Waals surface area contributed by atoms with E-state index in [0.29, 0.717) is 83.5 Å². The average molecular weight is 1360 g/mol. The molecule has 12 rings (SSSR count). The summed E-state index contributed by atoms with van der Waals surface area (Å²) in [5, 5.41) is 33.3. The number of rotatable bonds is 14. The van der Waals surface area contributed by atoms with Crippen LogP contribution in [0.25, 0.3) is 0 Å². The molecule has 10 aliphatic rings. The summed E-state index contributed by atoms with van der Waals surface area (Å²) >= 11 is 0. The minimum absolute atomic E-state index is 0.0253. The fourth-order valence-corrected chi connectivity index (χ4v) is 26.1. The van der Waals surface area contributed by atoms with Crippen molar-refractivity contribution in [2.24, 2.45) is 105 Å². The number of fused-ring (bicyclic) bond motifs is 12. The molecule has 2 aromatic carbocycles. The summed E-state index contributed by atoms with van der Waals surface area (Å²) in [6.45, 7) is 34.0. The lowest BCUT2D eigenvalue weighted by atomic mass is 9.41. The third kappa shape index (κ3) is 13.6. The van der Waals surface area contributed by atoms with Crippen molar-refractivity contribution in [3.63, 3.8) is 0 Å². The molecule has 2 heterocycles. The largest absolute Gasteiger partial charge is 0.488 e. The van der Waals surface area contributed by atoms with Gasteiger partial charge >= 0.3 is 12.2 Å². The number of sulfonamides is 2. The number of carbonyl (C=O) groups excluding carboxylic acids is 2. The van der Waals surface area contributed by atoms with Gasteiger partial charge in [-0.25, -0.2) is 35.9 Å². The summed E-state index contributed by atoms with van der Waals surface area (Å²) < 4.78 is 87.2. The van der Waals surface area contributed by atoms with Crippen molar-refractivity contribution in [3.8, 4) is 11.5 Å². The van der Waals surface area contributed by atoms with Crippen molar-refractivity contribution in [2.45, 2.75) is 277 Å². The number of hydrogen-bond donors (Lipinski definition) is 5. The highest BCUT2D eigenvalue weighted by atomic mass is 32.2. The maximum atomic E-state index is 13.2. The summed E-state index contributed by atoms with van der Waals surface area (Å²) in [4.78, 5) is 25.8. The summed E-state index contributed by atoms with van der Waals surface area (Å²) in [5.74, 6) is 6.50. The monoisotopic (exact) mass is 1360 g/mol. The third-order valence-corrected chi connectivity index (χ3v) is 31.2. The average Bonchev–Trinajstić information content (AvgIpc) is 1.27. The van der Waals surface area contributed by atoms with Gasteiger partial charge in [0.2, 0.25) is 0 Å². The van der Waals surface area contributed by atoms with Crippen LogP contribution in [0.15, 0.2) is 46.2 Å². The number of benzene rings is 2. The lowest BCUT2D eigenvalue weighted by molar-refractivity contribution is -0.203. The second kappa shape index (κ2) is 26.2. The van der Waals surface area contributed by atoms with Crippen LogP contribution >= 0.6 is 0 Å². The first-order valence-corrected chi connectivity index (χ1v) is 43.0. The second-order valence-electron chi connectivity index (χ2n) is 35.1. The van der Waals surface area contributed by atoms with E-state index < -0.39 is 40.6 Å². The van der Waals surface area contributed by atoms with Crippen LogP contribution in [0.3, 0.4) is 0 Å². The molecule has 5 N–H and O–H groups in total. The van der Waals surface area contributed by atoms with E-state index in [2.05, 4.69) is 84.5 Å². The number of carbonyl (C=O) groups is 2. The first-order valence-electron chi connectivity index (χ1n) is 36.6. The molecule has 19 heteroatoms. The van der Waals surface area contributed by atoms with Gasteiger partial charge in [-0.3, -0.25) is 0 Å². The molecular weight excluding hydrogens is 1250 g/mol. The Kier molecular flexibility index (Phi) is 20.0. The molecule has 16 nitrogen and oxygen atoms in total. The molecule has 8 aliphatic carbocycles. The number of ether oxygens (including phenoxy) is 4. The van der Waals surface area contributed by atoms with Crippen molar-refractivity contribution >= 4 is 40.6 Å². The molecule has 0 saturated heterocycles. The minimum atomic E-state index is -4.09. The van der Waals surface area contributed by atoms with Gasteiger partial charge in [-0.2, -0.15) is 0 Å². The molecule has 528 valence electrons. The first kappa shape index (κ1) is 71.8. The molecule has 8 fully saturated rings. The van der Waals surface area contributed by atoms with Crippen molar-refractivity contribution < 1.29 is 65.1 Å². The van der Waals surface area contributed by atoms with E-state index >= 15 is 0 Å². The normalized spacial score (nSPS) is 39.9. The summed E-state index contributed by atoms with van der Waals surface area (Å²) in [7, 11) is -10.0. The Morgan fingerprint density at radius 2 is 0.936 bits per heavy atom. The van der Waals surface area contributed by atoms with Gasteiger partial charge in [0.05, 0.1) is 47.4 Å². The highest BCUT2D eigenvalue weighted by Gasteiger charge is 2.67. The number of hydrogen-bond acceptors (Lipinski definition) is 14. The molecule has 0 aromatic heterocycles. The van der Waals surface area contributed by atoms with Crippen LogP contribution in [0.5, 0.6) is 11.5 Å². The third-order valence-electron chi connectivity index (χ3n) is 27.6. The highest BCUT2D eigenvalue weighted by molar-refractivity contribution is 7.90. The Balaban J connectivity index is 0.000000192. The predicted molar refractivity (Wildman–Crippen MR) is 366 cm³/mol. The van der Waals surface area contributed by atoms with Crippen LogP contribution in [0.2, 0.25) is 19.6 Å². The molecule has 0 unspecified atom stereocenters. The molecule has 2 aliphatic heterocycles. The summed E-state index contributed by atoms with van der Waals surface area (Å²) in [6.07, 6.45) is 17.0. The van der Waals surface area contributed by atoms with Crippen LogP contribution in [0, 0.1) is 105 Å². The van der Waals surface area contributed by atoms with Crippen LogP contribution < -0.4 is 18.9 Å². The first-order chi connectivity index (χ1) is 43.9. The predicted octanol–water partition coefficient (Wildman–Crippen LogP) is 14.8. The fourth-order valence-electron chi connectivity index (χ4n) is 23.1. The topological polar surface area (TPSA) is 233 Å². The SMILES string of the molecule is CC[C@H]1[C@@H](O)[C@@H]2[C@H](CC[C@]3(C)[C@@H]([C@H](C)COC(=O)NS(=O)(=O)c4ccc5c(c4)CCC(C)(C)O5)CC[C@@H]23)[C@@]2(C)CC[C@@H](O)C[C@@H]12.CC[C@H]1[C@@H](O[Si](C)(C)C)[C@@H]2[C@H](CC[C@]3(C)[C@@H]([C@H](C)COC(=O)NS(=O)(=O)c4ccc5c(c4)CCC(C)(C)O5)CC[C@@H]23)[C@@]2(C)CC[C@@H](O)C[C@@H]12. The van der Waals surface area contributed by atoms with Gasteiger partial charge < -0.3 is 38.7 Å². The van der Waals surface area contributed by atoms with Gasteiger partial charge in [0.15, 0.2) is 8.32 Å². The van der Waals surface area contributed by atoms with Crippen molar-refractivity contribution in [2.75, 3.05) is 13.2 Å². The molecule has 0 spiro atoms. The Morgan fingerprint density at radius 3 is 1.36 bits per heavy atom. The number of nitrogens with one attached hydrogen (secondary N) is 2. The van der Waals surface area contributed by atoms with Crippen molar-refractivity contribution in [3.05, 3.63) is 47.5 Å². The van der Waals surface area contributed by atoms with Gasteiger partial charge in [0.25, 0.3) is 20.0 Å². The zero-order valence-electron chi connectivity index (χ0n) is 59.6. The number of aryl methyl sites for hydroxylation is 2. The smallest absolute Gasteiger partial charge is 0.421 e. The Morgan fingerprint density at radius 1 is 0.543 bits per heavy atom. The second-order valence-corrected chi connectivity index (χ2v) is 42.9. The molecule has 0 bridgehead atoms. The van der Waals surface area contributed by atoms with E-state index in [4.69, 9.17) is 23.4 Å². The Hall–Kier alpha value is -3.46. The lowest BCUT2D eigenvalue weighted by Gasteiger charge is -2.66. The molecular formula is C75H118N2O14S2Si. The number of aliphatic hydroxyl groups excluding tert-OH is 3. The highest BCUT2D eigenvalue weighted by Crippen LogP contribution is 2.72. The zero-order chi connectivity index (χ0) is 68.3. The molecule has 2 aromatic rings. The quantitative estimate of drug-likeness (QED) is 0.111.